The van der Waals surface area contributed by atoms with Crippen LogP contribution in [0.25, 0.3) is 0 Å². The average Bonchev–Trinajstić information content (AvgIpc) is 2.82. The number of nitro benzene ring substituents is 1. The fourth-order valence-corrected chi connectivity index (χ4v) is 4.55. The van der Waals surface area contributed by atoms with Crippen LogP contribution in [0.4, 0.5) is 10.7 Å². The molecule has 8 nitrogen and oxygen atoms in total. The van der Waals surface area contributed by atoms with Crippen molar-refractivity contribution in [1.29, 1.82) is 0 Å². The van der Waals surface area contributed by atoms with Crippen molar-refractivity contribution in [2.24, 2.45) is 0 Å². The van der Waals surface area contributed by atoms with Gasteiger partial charge in [-0.3, -0.25) is 25.1 Å². The number of carbonyl (C=O) groups excluding carboxylic acids is 2. The van der Waals surface area contributed by atoms with E-state index in [1.807, 2.05) is 0 Å². The monoisotopic (exact) mass is 402 g/mol. The van der Waals surface area contributed by atoms with Crippen LogP contribution in [0.15, 0.2) is 24.3 Å². The normalized spacial score (nSPS) is 13.5. The minimum atomic E-state index is -0.542. The molecule has 1 aromatic carbocycles. The Hall–Kier alpha value is -2.78. The summed E-state index contributed by atoms with van der Waals surface area (Å²) in [6, 6.07) is 5.55. The second kappa shape index (κ2) is 8.49. The smallest absolute Gasteiger partial charge is 0.270 e. The molecule has 0 saturated carbocycles. The van der Waals surface area contributed by atoms with E-state index in [0.29, 0.717) is 10.6 Å². The number of hydrogen-bond donors (Lipinski definition) is 2. The van der Waals surface area contributed by atoms with E-state index in [1.165, 1.54) is 35.6 Å². The maximum atomic E-state index is 12.8. The van der Waals surface area contributed by atoms with E-state index in [4.69, 9.17) is 0 Å². The molecule has 0 bridgehead atoms. The van der Waals surface area contributed by atoms with Gasteiger partial charge in [-0.05, 0) is 37.3 Å². The zero-order chi connectivity index (χ0) is 20.3. The lowest BCUT2D eigenvalue weighted by molar-refractivity contribution is -0.384. The molecule has 1 heterocycles. The van der Waals surface area contributed by atoms with Gasteiger partial charge in [0.05, 0.1) is 10.5 Å². The summed E-state index contributed by atoms with van der Waals surface area (Å²) in [6.07, 6.45) is 4.86. The Bertz CT molecular complexity index is 923. The minimum absolute atomic E-state index is 0.153. The van der Waals surface area contributed by atoms with Crippen LogP contribution in [0, 0.1) is 10.1 Å². The summed E-state index contributed by atoms with van der Waals surface area (Å²) in [5, 5.41) is 15.8. The van der Waals surface area contributed by atoms with E-state index in [1.54, 1.807) is 19.1 Å². The van der Waals surface area contributed by atoms with Crippen molar-refractivity contribution in [1.82, 2.24) is 10.4 Å². The van der Waals surface area contributed by atoms with Crippen LogP contribution in [0.5, 0.6) is 0 Å². The van der Waals surface area contributed by atoms with Gasteiger partial charge in [0.1, 0.15) is 5.00 Å². The van der Waals surface area contributed by atoms with Crippen LogP contribution in [0.1, 0.15) is 50.4 Å². The van der Waals surface area contributed by atoms with Gasteiger partial charge in [-0.2, -0.15) is 0 Å². The third-order valence-corrected chi connectivity index (χ3v) is 5.73. The second-order valence-electron chi connectivity index (χ2n) is 6.87. The lowest BCUT2D eigenvalue weighted by atomic mass is 10.0. The predicted molar refractivity (Wildman–Crippen MR) is 108 cm³/mol. The Kier molecular flexibility index (Phi) is 6.05. The molecule has 1 aliphatic carbocycles. The molecule has 2 aromatic rings. The van der Waals surface area contributed by atoms with Crippen LogP contribution in [-0.2, 0) is 12.8 Å². The molecular weight excluding hydrogens is 380 g/mol. The molecule has 0 aliphatic heterocycles. The Balaban J connectivity index is 1.94. The van der Waals surface area contributed by atoms with Crippen LogP contribution in [-0.4, -0.2) is 35.8 Å². The number of hydrogen-bond acceptors (Lipinski definition) is 6. The van der Waals surface area contributed by atoms with Gasteiger partial charge in [-0.15, -0.1) is 11.3 Å². The van der Waals surface area contributed by atoms with Crippen molar-refractivity contribution in [2.75, 3.05) is 19.4 Å². The highest BCUT2D eigenvalue weighted by Crippen LogP contribution is 2.37. The number of amides is 2. The molecule has 0 atom stereocenters. The zero-order valence-electron chi connectivity index (χ0n) is 15.8. The van der Waals surface area contributed by atoms with Crippen molar-refractivity contribution < 1.29 is 14.5 Å². The SMILES string of the molecule is CN(C)NC(=O)c1c(NC(=O)c2cccc([N+](=O)[O-])c2)sc2c1CCCCC2. The van der Waals surface area contributed by atoms with E-state index in [-0.39, 0.29) is 17.2 Å². The van der Waals surface area contributed by atoms with Gasteiger partial charge in [0.15, 0.2) is 0 Å². The van der Waals surface area contributed by atoms with E-state index in [9.17, 15) is 19.7 Å². The molecule has 3 rings (SSSR count). The van der Waals surface area contributed by atoms with Crippen LogP contribution in [0.2, 0.25) is 0 Å². The first-order chi connectivity index (χ1) is 13.4. The molecular formula is C19H22N4O4S. The molecule has 0 spiro atoms. The van der Waals surface area contributed by atoms with Crippen molar-refractivity contribution in [3.63, 3.8) is 0 Å². The number of nitro groups is 1. The largest absolute Gasteiger partial charge is 0.313 e. The Morgan fingerprint density at radius 3 is 2.61 bits per heavy atom. The first-order valence-corrected chi connectivity index (χ1v) is 9.87. The number of nitrogens with zero attached hydrogens (tertiary/aromatic N) is 2. The first kappa shape index (κ1) is 20.0. The topological polar surface area (TPSA) is 105 Å². The summed E-state index contributed by atoms with van der Waals surface area (Å²) in [7, 11) is 3.45. The lowest BCUT2D eigenvalue weighted by Crippen LogP contribution is -2.36. The maximum Gasteiger partial charge on any atom is 0.270 e. The third-order valence-electron chi connectivity index (χ3n) is 4.52. The van der Waals surface area contributed by atoms with Crippen LogP contribution >= 0.6 is 11.3 Å². The number of thiophene rings is 1. The van der Waals surface area contributed by atoms with Gasteiger partial charge in [0.2, 0.25) is 0 Å². The summed E-state index contributed by atoms with van der Waals surface area (Å²) in [5.41, 5.74) is 4.27. The van der Waals surface area contributed by atoms with E-state index < -0.39 is 10.8 Å². The van der Waals surface area contributed by atoms with Gasteiger partial charge >= 0.3 is 0 Å². The van der Waals surface area contributed by atoms with Crippen molar-refractivity contribution in [3.05, 3.63) is 55.9 Å². The number of benzene rings is 1. The minimum Gasteiger partial charge on any atom is -0.313 e. The molecule has 9 heteroatoms. The van der Waals surface area contributed by atoms with Gasteiger partial charge < -0.3 is 5.32 Å². The fraction of sp³-hybridized carbons (Fsp3) is 0.368. The van der Waals surface area contributed by atoms with Crippen molar-refractivity contribution in [2.45, 2.75) is 32.1 Å². The molecule has 2 amide bonds. The summed E-state index contributed by atoms with van der Waals surface area (Å²) in [4.78, 5) is 37.0. The number of non-ortho nitro benzene ring substituents is 1. The number of anilines is 1. The molecule has 2 N–H and O–H groups in total. The van der Waals surface area contributed by atoms with Gasteiger partial charge in [0, 0.05) is 36.7 Å². The highest BCUT2D eigenvalue weighted by atomic mass is 32.1. The third kappa shape index (κ3) is 4.37. The fourth-order valence-electron chi connectivity index (χ4n) is 3.27. The average molecular weight is 402 g/mol. The molecule has 0 fully saturated rings. The summed E-state index contributed by atoms with van der Waals surface area (Å²) < 4.78 is 0. The Morgan fingerprint density at radius 2 is 1.89 bits per heavy atom. The maximum absolute atomic E-state index is 12.8. The van der Waals surface area contributed by atoms with Crippen molar-refractivity contribution >= 4 is 33.8 Å². The zero-order valence-corrected chi connectivity index (χ0v) is 16.6. The lowest BCUT2D eigenvalue weighted by Gasteiger charge is -2.14. The molecule has 0 radical (unpaired) electrons. The summed E-state index contributed by atoms with van der Waals surface area (Å²) in [6.45, 7) is 0. The predicted octanol–water partition coefficient (Wildman–Crippen LogP) is 3.38. The molecule has 148 valence electrons. The summed E-state index contributed by atoms with van der Waals surface area (Å²) in [5.74, 6) is -0.738. The molecule has 28 heavy (non-hydrogen) atoms. The number of nitrogens with one attached hydrogen (secondary N) is 2. The molecule has 1 aliphatic rings. The Morgan fingerprint density at radius 1 is 1.14 bits per heavy atom. The van der Waals surface area contributed by atoms with Crippen molar-refractivity contribution in [3.8, 4) is 0 Å². The number of aryl methyl sites for hydroxylation is 1. The standard InChI is InChI=1S/C19H22N4O4S/c1-22(2)21-18(25)16-14-9-4-3-5-10-15(14)28-19(16)20-17(24)12-7-6-8-13(11-12)23(26)27/h6-8,11H,3-5,9-10H2,1-2H3,(H,20,24)(H,21,25). The van der Waals surface area contributed by atoms with Gasteiger partial charge in [0.25, 0.3) is 17.5 Å². The molecule has 0 unspecified atom stereocenters. The second-order valence-corrected chi connectivity index (χ2v) is 7.97. The number of carbonyl (C=O) groups is 2. The number of hydrazine groups is 1. The first-order valence-electron chi connectivity index (χ1n) is 9.05. The van der Waals surface area contributed by atoms with Gasteiger partial charge in [-0.1, -0.05) is 12.5 Å². The van der Waals surface area contributed by atoms with Gasteiger partial charge in [-0.25, -0.2) is 5.01 Å². The number of fused-ring (bicyclic) bond motifs is 1. The summed E-state index contributed by atoms with van der Waals surface area (Å²) >= 11 is 1.42. The molecule has 1 aromatic heterocycles. The number of rotatable bonds is 5. The van der Waals surface area contributed by atoms with Crippen LogP contribution < -0.4 is 10.7 Å². The highest BCUT2D eigenvalue weighted by molar-refractivity contribution is 7.17. The quantitative estimate of drug-likeness (QED) is 0.453. The van der Waals surface area contributed by atoms with E-state index in [2.05, 4.69) is 10.7 Å². The Labute approximate surface area is 166 Å². The van der Waals surface area contributed by atoms with E-state index >= 15 is 0 Å². The highest BCUT2D eigenvalue weighted by Gasteiger charge is 2.26. The van der Waals surface area contributed by atoms with E-state index in [0.717, 1.165) is 42.5 Å². The van der Waals surface area contributed by atoms with Crippen LogP contribution in [0.3, 0.4) is 0 Å². The molecule has 0 saturated heterocycles.